The molecule has 0 atom stereocenters. The fourth-order valence-corrected chi connectivity index (χ4v) is 3.09. The number of nitrogens with zero attached hydrogens (tertiary/aromatic N) is 1. The van der Waals surface area contributed by atoms with Crippen LogP contribution in [0, 0.1) is 0 Å². The highest BCUT2D eigenvalue weighted by atomic mass is 35.5. The summed E-state index contributed by atoms with van der Waals surface area (Å²) in [6, 6.07) is 6.84. The Bertz CT molecular complexity index is 651. The highest BCUT2D eigenvalue weighted by molar-refractivity contribution is 7.90. The van der Waals surface area contributed by atoms with Gasteiger partial charge >= 0.3 is 0 Å². The van der Waals surface area contributed by atoms with Crippen LogP contribution in [0.5, 0.6) is 0 Å². The predicted octanol–water partition coefficient (Wildman–Crippen LogP) is 2.49. The van der Waals surface area contributed by atoms with Crippen molar-refractivity contribution >= 4 is 32.8 Å². The van der Waals surface area contributed by atoms with E-state index in [-0.39, 0.29) is 0 Å². The zero-order chi connectivity index (χ0) is 13.9. The van der Waals surface area contributed by atoms with Crippen molar-refractivity contribution in [3.8, 4) is 0 Å². The number of hydrogen-bond acceptors (Lipinski definition) is 5. The van der Waals surface area contributed by atoms with Crippen LogP contribution in [0.1, 0.15) is 10.6 Å². The molecule has 0 spiro atoms. The van der Waals surface area contributed by atoms with Gasteiger partial charge in [0.1, 0.15) is 9.34 Å². The molecule has 0 aliphatic rings. The number of nitrogens with one attached hydrogen (secondary N) is 1. The molecule has 0 aliphatic carbocycles. The predicted molar refractivity (Wildman–Crippen MR) is 77.2 cm³/mol. The fourth-order valence-electron chi connectivity index (χ4n) is 1.54. The summed E-state index contributed by atoms with van der Waals surface area (Å²) < 4.78 is 23.3. The van der Waals surface area contributed by atoms with Gasteiger partial charge in [-0.3, -0.25) is 0 Å². The molecule has 0 fully saturated rings. The lowest BCUT2D eigenvalue weighted by Crippen LogP contribution is -2.12. The molecule has 0 amide bonds. The summed E-state index contributed by atoms with van der Waals surface area (Å²) in [5.41, 5.74) is 1.02. The number of hydrogen-bond donors (Lipinski definition) is 1. The van der Waals surface area contributed by atoms with Crippen LogP contribution in [0.4, 0.5) is 0 Å². The molecule has 0 saturated carbocycles. The average molecular weight is 317 g/mol. The lowest BCUT2D eigenvalue weighted by Gasteiger charge is -2.04. The highest BCUT2D eigenvalue weighted by Gasteiger charge is 2.06. The van der Waals surface area contributed by atoms with Crippen molar-refractivity contribution in [1.82, 2.24) is 10.3 Å². The summed E-state index contributed by atoms with van der Waals surface area (Å²) in [6.07, 6.45) is 2.83. The van der Waals surface area contributed by atoms with Crippen LogP contribution in [-0.4, -0.2) is 19.7 Å². The smallest absolute Gasteiger partial charge is 0.175 e. The molecule has 0 bridgehead atoms. The summed E-state index contributed by atoms with van der Waals surface area (Å²) >= 11 is 7.23. The van der Waals surface area contributed by atoms with Gasteiger partial charge in [-0.25, -0.2) is 13.4 Å². The number of rotatable bonds is 5. The summed E-state index contributed by atoms with van der Waals surface area (Å²) in [5, 5.41) is 4.16. The number of thiazole rings is 1. The van der Waals surface area contributed by atoms with E-state index < -0.39 is 9.84 Å². The largest absolute Gasteiger partial charge is 0.306 e. The quantitative estimate of drug-likeness (QED) is 0.920. The Balaban J connectivity index is 1.90. The van der Waals surface area contributed by atoms with Crippen molar-refractivity contribution in [3.63, 3.8) is 0 Å². The van der Waals surface area contributed by atoms with Crippen LogP contribution in [0.25, 0.3) is 0 Å². The Kier molecular flexibility index (Phi) is 4.57. The topological polar surface area (TPSA) is 59.1 Å². The van der Waals surface area contributed by atoms with Crippen molar-refractivity contribution in [2.45, 2.75) is 18.0 Å². The fraction of sp³-hybridized carbons (Fsp3) is 0.250. The second-order valence-corrected chi connectivity index (χ2v) is 7.84. The zero-order valence-corrected chi connectivity index (χ0v) is 12.6. The van der Waals surface area contributed by atoms with Gasteiger partial charge in [0.2, 0.25) is 0 Å². The van der Waals surface area contributed by atoms with E-state index in [9.17, 15) is 8.42 Å². The molecule has 1 aromatic heterocycles. The zero-order valence-electron chi connectivity index (χ0n) is 10.3. The molecule has 0 aliphatic heterocycles. The van der Waals surface area contributed by atoms with E-state index in [0.29, 0.717) is 22.3 Å². The molecule has 2 aromatic rings. The molecule has 0 radical (unpaired) electrons. The van der Waals surface area contributed by atoms with Crippen LogP contribution < -0.4 is 5.32 Å². The summed E-state index contributed by atoms with van der Waals surface area (Å²) in [6.45, 7) is 1.30. The van der Waals surface area contributed by atoms with Gasteiger partial charge in [0.05, 0.1) is 11.1 Å². The summed E-state index contributed by atoms with van der Waals surface area (Å²) in [5.74, 6) is 0. The van der Waals surface area contributed by atoms with Gasteiger partial charge in [-0.15, -0.1) is 11.3 Å². The van der Waals surface area contributed by atoms with Gasteiger partial charge in [-0.1, -0.05) is 23.7 Å². The normalized spacial score (nSPS) is 11.7. The number of aromatic nitrogens is 1. The van der Waals surface area contributed by atoms with Gasteiger partial charge in [0.25, 0.3) is 0 Å². The Morgan fingerprint density at radius 2 is 1.95 bits per heavy atom. The number of sulfone groups is 1. The van der Waals surface area contributed by atoms with Crippen LogP contribution in [0.2, 0.25) is 4.34 Å². The molecule has 1 heterocycles. The van der Waals surface area contributed by atoms with E-state index in [1.165, 1.54) is 17.6 Å². The molecule has 1 N–H and O–H groups in total. The Hall–Kier alpha value is -0.950. The Morgan fingerprint density at radius 3 is 2.47 bits per heavy atom. The summed E-state index contributed by atoms with van der Waals surface area (Å²) in [4.78, 5) is 4.47. The lowest BCUT2D eigenvalue weighted by atomic mass is 10.2. The van der Waals surface area contributed by atoms with Crippen molar-refractivity contribution < 1.29 is 8.42 Å². The second kappa shape index (κ2) is 6.00. The van der Waals surface area contributed by atoms with E-state index in [0.717, 1.165) is 10.6 Å². The maximum Gasteiger partial charge on any atom is 0.175 e. The molecular formula is C12H13ClN2O2S2. The van der Waals surface area contributed by atoms with Crippen LogP contribution in [0.15, 0.2) is 35.4 Å². The molecule has 102 valence electrons. The van der Waals surface area contributed by atoms with Crippen LogP contribution in [0.3, 0.4) is 0 Å². The van der Waals surface area contributed by atoms with Gasteiger partial charge in [-0.05, 0) is 17.7 Å². The molecule has 1 aromatic carbocycles. The third-order valence-corrected chi connectivity index (χ3v) is 4.73. The van der Waals surface area contributed by atoms with Crippen molar-refractivity contribution in [2.24, 2.45) is 0 Å². The number of halogens is 1. The SMILES string of the molecule is CS(=O)(=O)c1ccc(CNCc2ncc(Cl)s2)cc1. The third-order valence-electron chi connectivity index (χ3n) is 2.48. The first-order chi connectivity index (χ1) is 8.95. The van der Waals surface area contributed by atoms with E-state index in [1.807, 2.05) is 0 Å². The third kappa shape index (κ3) is 4.28. The second-order valence-electron chi connectivity index (χ2n) is 4.08. The first kappa shape index (κ1) is 14.5. The standard InChI is InChI=1S/C12H13ClN2O2S2/c1-19(16,17)10-4-2-9(3-5-10)6-14-8-12-15-7-11(13)18-12/h2-5,7,14H,6,8H2,1H3. The van der Waals surface area contributed by atoms with E-state index in [1.54, 1.807) is 30.5 Å². The minimum absolute atomic E-state index is 0.336. The van der Waals surface area contributed by atoms with E-state index in [4.69, 9.17) is 11.6 Å². The highest BCUT2D eigenvalue weighted by Crippen LogP contribution is 2.18. The van der Waals surface area contributed by atoms with E-state index >= 15 is 0 Å². The van der Waals surface area contributed by atoms with Crippen molar-refractivity contribution in [1.29, 1.82) is 0 Å². The van der Waals surface area contributed by atoms with Gasteiger partial charge in [-0.2, -0.15) is 0 Å². The molecule has 19 heavy (non-hydrogen) atoms. The number of benzene rings is 1. The van der Waals surface area contributed by atoms with Gasteiger partial charge in [0.15, 0.2) is 9.84 Å². The molecule has 4 nitrogen and oxygen atoms in total. The maximum absolute atomic E-state index is 11.3. The van der Waals surface area contributed by atoms with Crippen molar-refractivity contribution in [2.75, 3.05) is 6.26 Å². The maximum atomic E-state index is 11.3. The molecule has 0 saturated heterocycles. The molecule has 0 unspecified atom stereocenters. The summed E-state index contributed by atoms with van der Waals surface area (Å²) in [7, 11) is -3.12. The van der Waals surface area contributed by atoms with Gasteiger partial charge in [0, 0.05) is 19.3 Å². The minimum Gasteiger partial charge on any atom is -0.306 e. The first-order valence-corrected chi connectivity index (χ1v) is 8.63. The Morgan fingerprint density at radius 1 is 1.26 bits per heavy atom. The monoisotopic (exact) mass is 316 g/mol. The Labute approximate surface area is 121 Å². The lowest BCUT2D eigenvalue weighted by molar-refractivity contribution is 0.602. The minimum atomic E-state index is -3.12. The first-order valence-electron chi connectivity index (χ1n) is 5.55. The average Bonchev–Trinajstić information content (AvgIpc) is 2.75. The molecule has 7 heteroatoms. The molecular weight excluding hydrogens is 304 g/mol. The van der Waals surface area contributed by atoms with Crippen LogP contribution >= 0.6 is 22.9 Å². The van der Waals surface area contributed by atoms with E-state index in [2.05, 4.69) is 10.3 Å². The molecule has 2 rings (SSSR count). The van der Waals surface area contributed by atoms with Gasteiger partial charge < -0.3 is 5.32 Å². The van der Waals surface area contributed by atoms with Crippen molar-refractivity contribution in [3.05, 3.63) is 45.4 Å². The van der Waals surface area contributed by atoms with Crippen LogP contribution in [-0.2, 0) is 22.9 Å².